The van der Waals surface area contributed by atoms with Crippen molar-refractivity contribution in [3.8, 4) is 0 Å². The first-order valence-corrected chi connectivity index (χ1v) is 3.34. The number of nitrogens with two attached hydrogens (primary N) is 1. The molecule has 4 heteroatoms. The zero-order valence-corrected chi connectivity index (χ0v) is 6.59. The number of anilines is 1. The molecule has 0 unspecified atom stereocenters. The van der Waals surface area contributed by atoms with Gasteiger partial charge in [-0.25, -0.2) is 4.98 Å². The van der Waals surface area contributed by atoms with Crippen molar-refractivity contribution in [1.29, 1.82) is 0 Å². The molecule has 2 nitrogen and oxygen atoms in total. The van der Waals surface area contributed by atoms with Crippen LogP contribution < -0.4 is 5.73 Å². The van der Waals surface area contributed by atoms with E-state index in [2.05, 4.69) is 4.98 Å². The van der Waals surface area contributed by atoms with E-state index in [1.165, 1.54) is 12.3 Å². The first-order chi connectivity index (χ1) is 4.20. The van der Waals surface area contributed by atoms with Crippen molar-refractivity contribution in [3.63, 3.8) is 0 Å². The Balaban J connectivity index is 3.17. The standard InChI is InChI=1S/C5H4FIN2/c6-5-1-4(8)3(7)2-9-5/h1-2H,(H2,8,9). The molecule has 0 amide bonds. The summed E-state index contributed by atoms with van der Waals surface area (Å²) >= 11 is 1.99. The van der Waals surface area contributed by atoms with Crippen molar-refractivity contribution in [2.45, 2.75) is 0 Å². The van der Waals surface area contributed by atoms with Crippen LogP contribution in [0.2, 0.25) is 0 Å². The number of aromatic nitrogens is 1. The second kappa shape index (κ2) is 2.47. The lowest BCUT2D eigenvalue weighted by atomic mass is 10.4. The van der Waals surface area contributed by atoms with E-state index in [9.17, 15) is 4.39 Å². The van der Waals surface area contributed by atoms with Crippen LogP contribution in [0.4, 0.5) is 10.1 Å². The Labute approximate surface area is 65.4 Å². The zero-order valence-electron chi connectivity index (χ0n) is 4.44. The molecule has 0 atom stereocenters. The summed E-state index contributed by atoms with van der Waals surface area (Å²) in [5, 5.41) is 0. The fourth-order valence-electron chi connectivity index (χ4n) is 0.427. The molecular formula is C5H4FIN2. The van der Waals surface area contributed by atoms with Gasteiger partial charge in [-0.05, 0) is 22.6 Å². The monoisotopic (exact) mass is 238 g/mol. The molecule has 0 radical (unpaired) electrons. The molecule has 0 bridgehead atoms. The van der Waals surface area contributed by atoms with Gasteiger partial charge in [-0.1, -0.05) is 0 Å². The van der Waals surface area contributed by atoms with Crippen molar-refractivity contribution in [2.75, 3.05) is 5.73 Å². The normalized spacial score (nSPS) is 9.56. The smallest absolute Gasteiger partial charge is 0.214 e. The zero-order chi connectivity index (χ0) is 6.85. The van der Waals surface area contributed by atoms with E-state index in [0.717, 1.165) is 3.57 Å². The Morgan fingerprint density at radius 2 is 2.33 bits per heavy atom. The fourth-order valence-corrected chi connectivity index (χ4v) is 0.722. The van der Waals surface area contributed by atoms with Crippen LogP contribution in [0.5, 0.6) is 0 Å². The van der Waals surface area contributed by atoms with Gasteiger partial charge in [0.2, 0.25) is 5.95 Å². The van der Waals surface area contributed by atoms with E-state index in [1.807, 2.05) is 22.6 Å². The number of hydrogen-bond acceptors (Lipinski definition) is 2. The van der Waals surface area contributed by atoms with Gasteiger partial charge in [0.05, 0.1) is 9.26 Å². The first-order valence-electron chi connectivity index (χ1n) is 2.26. The van der Waals surface area contributed by atoms with Gasteiger partial charge in [0.15, 0.2) is 0 Å². The average Bonchev–Trinajstić information content (AvgIpc) is 1.80. The average molecular weight is 238 g/mol. The highest BCUT2D eigenvalue weighted by atomic mass is 127. The third-order valence-corrected chi connectivity index (χ3v) is 1.75. The van der Waals surface area contributed by atoms with Crippen molar-refractivity contribution in [2.24, 2.45) is 0 Å². The minimum Gasteiger partial charge on any atom is -0.398 e. The summed E-state index contributed by atoms with van der Waals surface area (Å²) in [6.45, 7) is 0. The van der Waals surface area contributed by atoms with E-state index in [1.54, 1.807) is 0 Å². The van der Waals surface area contributed by atoms with Crippen LogP contribution in [0.25, 0.3) is 0 Å². The van der Waals surface area contributed by atoms with Crippen LogP contribution in [0, 0.1) is 9.52 Å². The molecule has 1 aromatic rings. The summed E-state index contributed by atoms with van der Waals surface area (Å²) in [4.78, 5) is 3.39. The largest absolute Gasteiger partial charge is 0.398 e. The number of nitrogen functional groups attached to an aromatic ring is 1. The number of rotatable bonds is 0. The van der Waals surface area contributed by atoms with Gasteiger partial charge in [-0.15, -0.1) is 0 Å². The maximum atomic E-state index is 12.2. The van der Waals surface area contributed by atoms with Crippen LogP contribution in [-0.4, -0.2) is 4.98 Å². The minimum atomic E-state index is -0.534. The molecule has 0 aromatic carbocycles. The van der Waals surface area contributed by atoms with Gasteiger partial charge in [0.1, 0.15) is 0 Å². The summed E-state index contributed by atoms with van der Waals surface area (Å²) in [6, 6.07) is 1.20. The Morgan fingerprint density at radius 3 is 2.78 bits per heavy atom. The van der Waals surface area contributed by atoms with E-state index < -0.39 is 5.95 Å². The molecule has 9 heavy (non-hydrogen) atoms. The molecule has 0 fully saturated rings. The van der Waals surface area contributed by atoms with Crippen LogP contribution in [-0.2, 0) is 0 Å². The molecule has 0 aliphatic rings. The van der Waals surface area contributed by atoms with Crippen LogP contribution in [0.15, 0.2) is 12.3 Å². The predicted molar refractivity (Wildman–Crippen MR) is 41.3 cm³/mol. The molecule has 0 aliphatic carbocycles. The van der Waals surface area contributed by atoms with E-state index in [4.69, 9.17) is 5.73 Å². The van der Waals surface area contributed by atoms with Gasteiger partial charge in [0.25, 0.3) is 0 Å². The minimum absolute atomic E-state index is 0.433. The predicted octanol–water partition coefficient (Wildman–Crippen LogP) is 1.41. The second-order valence-electron chi connectivity index (χ2n) is 1.53. The molecule has 48 valence electrons. The lowest BCUT2D eigenvalue weighted by Gasteiger charge is -1.93. The van der Waals surface area contributed by atoms with Crippen molar-refractivity contribution in [1.82, 2.24) is 4.98 Å². The molecule has 1 aromatic heterocycles. The van der Waals surface area contributed by atoms with Crippen molar-refractivity contribution in [3.05, 3.63) is 21.8 Å². The summed E-state index contributed by atoms with van der Waals surface area (Å²) in [6.07, 6.45) is 1.39. The number of halogens is 2. The highest BCUT2D eigenvalue weighted by Crippen LogP contribution is 2.12. The maximum absolute atomic E-state index is 12.2. The highest BCUT2D eigenvalue weighted by Gasteiger charge is 1.95. The first kappa shape index (κ1) is 6.73. The number of nitrogens with zero attached hydrogens (tertiary/aromatic N) is 1. The van der Waals surface area contributed by atoms with Gasteiger partial charge < -0.3 is 5.73 Å². The third-order valence-electron chi connectivity index (χ3n) is 0.852. The fraction of sp³-hybridized carbons (Fsp3) is 0. The number of pyridine rings is 1. The van der Waals surface area contributed by atoms with Gasteiger partial charge in [-0.2, -0.15) is 4.39 Å². The highest BCUT2D eigenvalue weighted by molar-refractivity contribution is 14.1. The van der Waals surface area contributed by atoms with Gasteiger partial charge in [-0.3, -0.25) is 0 Å². The van der Waals surface area contributed by atoms with Crippen LogP contribution in [0.1, 0.15) is 0 Å². The summed E-state index contributed by atoms with van der Waals surface area (Å²) < 4.78 is 12.9. The second-order valence-corrected chi connectivity index (χ2v) is 2.69. The van der Waals surface area contributed by atoms with E-state index >= 15 is 0 Å². The Bertz CT molecular complexity index is 226. The molecule has 0 aliphatic heterocycles. The quantitative estimate of drug-likeness (QED) is 0.548. The summed E-state index contributed by atoms with van der Waals surface area (Å²) in [5.74, 6) is -0.534. The summed E-state index contributed by atoms with van der Waals surface area (Å²) in [5.41, 5.74) is 5.77. The van der Waals surface area contributed by atoms with Gasteiger partial charge >= 0.3 is 0 Å². The van der Waals surface area contributed by atoms with Gasteiger partial charge in [0, 0.05) is 12.3 Å². The molecule has 2 N–H and O–H groups in total. The summed E-state index contributed by atoms with van der Waals surface area (Å²) in [7, 11) is 0. The Morgan fingerprint density at radius 1 is 1.67 bits per heavy atom. The number of hydrogen-bond donors (Lipinski definition) is 1. The lowest BCUT2D eigenvalue weighted by molar-refractivity contribution is 0.584. The van der Waals surface area contributed by atoms with E-state index in [-0.39, 0.29) is 0 Å². The molecular weight excluding hydrogens is 234 g/mol. The molecule has 0 saturated carbocycles. The van der Waals surface area contributed by atoms with Crippen molar-refractivity contribution < 1.29 is 4.39 Å². The maximum Gasteiger partial charge on any atom is 0.214 e. The SMILES string of the molecule is Nc1cc(F)ncc1I. The molecule has 1 rings (SSSR count). The third kappa shape index (κ3) is 1.51. The van der Waals surface area contributed by atoms with Crippen LogP contribution in [0.3, 0.4) is 0 Å². The molecule has 0 spiro atoms. The van der Waals surface area contributed by atoms with E-state index in [0.29, 0.717) is 5.69 Å². The lowest BCUT2D eigenvalue weighted by Crippen LogP contribution is -1.92. The topological polar surface area (TPSA) is 38.9 Å². The van der Waals surface area contributed by atoms with Crippen LogP contribution >= 0.6 is 22.6 Å². The Kier molecular flexibility index (Phi) is 1.84. The van der Waals surface area contributed by atoms with Crippen molar-refractivity contribution >= 4 is 28.3 Å². The molecule has 1 heterocycles. The Hall–Kier alpha value is -0.390. The molecule has 0 saturated heterocycles.